The first-order valence-corrected chi connectivity index (χ1v) is 9.53. The van der Waals surface area contributed by atoms with Crippen LogP contribution in [0.5, 0.6) is 0 Å². The second-order valence-corrected chi connectivity index (χ2v) is 7.59. The van der Waals surface area contributed by atoms with Gasteiger partial charge in [0, 0.05) is 31.1 Å². The van der Waals surface area contributed by atoms with Gasteiger partial charge in [0.15, 0.2) is 0 Å². The monoisotopic (exact) mass is 345 g/mol. The summed E-state index contributed by atoms with van der Waals surface area (Å²) in [4.78, 5) is 30.9. The van der Waals surface area contributed by atoms with E-state index in [0.29, 0.717) is 23.1 Å². The number of likely N-dealkylation sites (tertiary alicyclic amines) is 1. The van der Waals surface area contributed by atoms with Crippen molar-refractivity contribution in [2.75, 3.05) is 18.8 Å². The van der Waals surface area contributed by atoms with Crippen molar-refractivity contribution in [1.29, 1.82) is 0 Å². The highest BCUT2D eigenvalue weighted by Crippen LogP contribution is 2.17. The first-order chi connectivity index (χ1) is 11.5. The average molecular weight is 345 g/mol. The van der Waals surface area contributed by atoms with Gasteiger partial charge in [-0.05, 0) is 37.3 Å². The smallest absolute Gasteiger partial charge is 0.258 e. The lowest BCUT2D eigenvalue weighted by atomic mass is 10.0. The third-order valence-electron chi connectivity index (χ3n) is 4.35. The lowest BCUT2D eigenvalue weighted by Gasteiger charge is -2.30. The molecule has 0 radical (unpaired) electrons. The van der Waals surface area contributed by atoms with Crippen LogP contribution in [0.15, 0.2) is 29.2 Å². The number of piperidine rings is 1. The summed E-state index contributed by atoms with van der Waals surface area (Å²) in [7, 11) is 0. The van der Waals surface area contributed by atoms with Crippen LogP contribution in [0.1, 0.15) is 31.0 Å². The van der Waals surface area contributed by atoms with E-state index in [2.05, 4.69) is 11.9 Å². The van der Waals surface area contributed by atoms with Crippen LogP contribution in [0.2, 0.25) is 0 Å². The van der Waals surface area contributed by atoms with Gasteiger partial charge < -0.3 is 4.90 Å². The largest absolute Gasteiger partial charge is 0.342 e. The molecule has 0 N–H and O–H groups in total. The summed E-state index contributed by atoms with van der Waals surface area (Å²) in [5.41, 5.74) is 2.33. The molecule has 0 unspecified atom stereocenters. The Morgan fingerprint density at radius 1 is 1.42 bits per heavy atom. The van der Waals surface area contributed by atoms with E-state index in [-0.39, 0.29) is 11.5 Å². The zero-order valence-electron chi connectivity index (χ0n) is 14.2. The van der Waals surface area contributed by atoms with Gasteiger partial charge in [-0.25, -0.2) is 4.98 Å². The van der Waals surface area contributed by atoms with Gasteiger partial charge in [0.05, 0.1) is 11.4 Å². The predicted molar refractivity (Wildman–Crippen MR) is 97.3 cm³/mol. The van der Waals surface area contributed by atoms with E-state index in [1.165, 1.54) is 18.2 Å². The van der Waals surface area contributed by atoms with E-state index < -0.39 is 0 Å². The zero-order valence-corrected chi connectivity index (χ0v) is 15.0. The van der Waals surface area contributed by atoms with Crippen LogP contribution in [-0.2, 0) is 10.5 Å². The van der Waals surface area contributed by atoms with Crippen molar-refractivity contribution in [3.8, 4) is 0 Å². The molecular weight excluding hydrogens is 322 g/mol. The normalized spacial score (nSPS) is 18.1. The molecule has 3 heterocycles. The van der Waals surface area contributed by atoms with Crippen LogP contribution in [0.25, 0.3) is 5.65 Å². The fraction of sp³-hybridized carbons (Fsp3) is 0.500. The summed E-state index contributed by atoms with van der Waals surface area (Å²) in [6.45, 7) is 5.89. The summed E-state index contributed by atoms with van der Waals surface area (Å²) in [6, 6.07) is 5.36. The zero-order chi connectivity index (χ0) is 17.1. The molecule has 5 nitrogen and oxygen atoms in total. The number of carbonyl (C=O) groups excluding carboxylic acids is 1. The van der Waals surface area contributed by atoms with Crippen LogP contribution in [-0.4, -0.2) is 39.0 Å². The summed E-state index contributed by atoms with van der Waals surface area (Å²) < 4.78 is 1.56. The molecule has 2 aromatic rings. The second-order valence-electron chi connectivity index (χ2n) is 6.60. The Kier molecular flexibility index (Phi) is 5.23. The van der Waals surface area contributed by atoms with Crippen LogP contribution in [0, 0.1) is 12.8 Å². The first kappa shape index (κ1) is 17.0. The number of amides is 1. The molecule has 1 amide bonds. The van der Waals surface area contributed by atoms with Crippen molar-refractivity contribution >= 4 is 23.3 Å². The molecule has 1 saturated heterocycles. The molecule has 1 atom stereocenters. The van der Waals surface area contributed by atoms with Gasteiger partial charge in [-0.15, -0.1) is 11.8 Å². The first-order valence-electron chi connectivity index (χ1n) is 8.37. The number of hydrogen-bond donors (Lipinski definition) is 0. The molecule has 2 aromatic heterocycles. The van der Waals surface area contributed by atoms with Crippen LogP contribution >= 0.6 is 11.8 Å². The van der Waals surface area contributed by atoms with Crippen molar-refractivity contribution < 1.29 is 4.79 Å². The highest BCUT2D eigenvalue weighted by atomic mass is 32.2. The maximum absolute atomic E-state index is 12.3. The summed E-state index contributed by atoms with van der Waals surface area (Å²) in [6.07, 6.45) is 4.10. The van der Waals surface area contributed by atoms with E-state index in [9.17, 15) is 9.59 Å². The van der Waals surface area contributed by atoms with Gasteiger partial charge in [0.2, 0.25) is 5.91 Å². The van der Waals surface area contributed by atoms with Crippen LogP contribution < -0.4 is 5.56 Å². The average Bonchev–Trinajstić information content (AvgIpc) is 2.55. The molecule has 0 bridgehead atoms. The molecule has 0 saturated carbocycles. The SMILES string of the molecule is Cc1ccc2nc(CSCC(=O)N3CCC[C@H](C)C3)cc(=O)n2c1. The Morgan fingerprint density at radius 3 is 3.04 bits per heavy atom. The molecule has 3 rings (SSSR count). The second kappa shape index (κ2) is 7.38. The van der Waals surface area contributed by atoms with Crippen molar-refractivity contribution in [2.45, 2.75) is 32.4 Å². The Labute approximate surface area is 146 Å². The highest BCUT2D eigenvalue weighted by molar-refractivity contribution is 7.99. The Morgan fingerprint density at radius 2 is 2.25 bits per heavy atom. The highest BCUT2D eigenvalue weighted by Gasteiger charge is 2.20. The molecule has 0 spiro atoms. The van der Waals surface area contributed by atoms with Gasteiger partial charge in [-0.1, -0.05) is 13.0 Å². The van der Waals surface area contributed by atoms with Gasteiger partial charge in [0.1, 0.15) is 5.65 Å². The van der Waals surface area contributed by atoms with Crippen LogP contribution in [0.4, 0.5) is 0 Å². The number of pyridine rings is 1. The maximum atomic E-state index is 12.3. The van der Waals surface area contributed by atoms with Gasteiger partial charge in [-0.2, -0.15) is 0 Å². The van der Waals surface area contributed by atoms with Gasteiger partial charge in [-0.3, -0.25) is 14.0 Å². The molecular formula is C18H23N3O2S. The number of hydrogen-bond acceptors (Lipinski definition) is 4. The van der Waals surface area contributed by atoms with Crippen molar-refractivity contribution in [3.63, 3.8) is 0 Å². The Balaban J connectivity index is 1.60. The summed E-state index contributed by atoms with van der Waals surface area (Å²) >= 11 is 1.53. The fourth-order valence-corrected chi connectivity index (χ4v) is 3.90. The molecule has 1 aliphatic rings. The van der Waals surface area contributed by atoms with E-state index in [1.807, 2.05) is 24.0 Å². The van der Waals surface area contributed by atoms with E-state index in [1.54, 1.807) is 16.7 Å². The molecule has 24 heavy (non-hydrogen) atoms. The fourth-order valence-electron chi connectivity index (χ4n) is 3.08. The topological polar surface area (TPSA) is 54.7 Å². The summed E-state index contributed by atoms with van der Waals surface area (Å²) in [5, 5.41) is 0. The van der Waals surface area contributed by atoms with Crippen molar-refractivity contribution in [1.82, 2.24) is 14.3 Å². The molecule has 128 valence electrons. The quantitative estimate of drug-likeness (QED) is 0.854. The van der Waals surface area contributed by atoms with E-state index in [0.717, 1.165) is 30.8 Å². The third-order valence-corrected chi connectivity index (χ3v) is 5.30. The third kappa shape index (κ3) is 3.98. The molecule has 1 aliphatic heterocycles. The number of fused-ring (bicyclic) bond motifs is 1. The number of thioether (sulfide) groups is 1. The molecule has 6 heteroatoms. The Bertz CT molecular complexity index is 802. The van der Waals surface area contributed by atoms with Gasteiger partial charge >= 0.3 is 0 Å². The number of carbonyl (C=O) groups is 1. The minimum Gasteiger partial charge on any atom is -0.342 e. The number of aryl methyl sites for hydroxylation is 1. The minimum absolute atomic E-state index is 0.0736. The number of aromatic nitrogens is 2. The van der Waals surface area contributed by atoms with Gasteiger partial charge in [0.25, 0.3) is 5.56 Å². The summed E-state index contributed by atoms with van der Waals surface area (Å²) in [5.74, 6) is 1.81. The van der Waals surface area contributed by atoms with Crippen LogP contribution in [0.3, 0.4) is 0 Å². The molecule has 0 aromatic carbocycles. The maximum Gasteiger partial charge on any atom is 0.258 e. The molecule has 1 fully saturated rings. The van der Waals surface area contributed by atoms with E-state index in [4.69, 9.17) is 0 Å². The number of nitrogens with zero attached hydrogens (tertiary/aromatic N) is 3. The van der Waals surface area contributed by atoms with Crippen molar-refractivity contribution in [3.05, 3.63) is 46.0 Å². The standard InChI is InChI=1S/C18H23N3O2S/c1-13-4-3-7-20(9-13)18(23)12-24-11-15-8-17(22)21-10-14(2)5-6-16(21)19-15/h5-6,8,10,13H,3-4,7,9,11-12H2,1-2H3/t13-/m0/s1. The lowest BCUT2D eigenvalue weighted by molar-refractivity contribution is -0.130. The Hall–Kier alpha value is -1.82. The van der Waals surface area contributed by atoms with Crippen molar-refractivity contribution in [2.24, 2.45) is 5.92 Å². The predicted octanol–water partition coefficient (Wildman–Crippen LogP) is 2.49. The lowest BCUT2D eigenvalue weighted by Crippen LogP contribution is -2.40. The minimum atomic E-state index is -0.0736. The number of rotatable bonds is 4. The molecule has 0 aliphatic carbocycles. The van der Waals surface area contributed by atoms with E-state index >= 15 is 0 Å².